The molecule has 7 nitrogen and oxygen atoms in total. The van der Waals surface area contributed by atoms with Crippen LogP contribution in [0.15, 0.2) is 6.20 Å². The molecule has 1 aromatic heterocycles. The predicted molar refractivity (Wildman–Crippen MR) is 77.9 cm³/mol. The lowest BCUT2D eigenvalue weighted by atomic mass is 9.84. The van der Waals surface area contributed by atoms with Gasteiger partial charge in [0.05, 0.1) is 4.92 Å². The first-order chi connectivity index (χ1) is 9.63. The molecule has 1 fully saturated rings. The summed E-state index contributed by atoms with van der Waals surface area (Å²) in [5.74, 6) is 1.50. The van der Waals surface area contributed by atoms with Gasteiger partial charge in [-0.1, -0.05) is 13.3 Å². The van der Waals surface area contributed by atoms with Gasteiger partial charge in [0.1, 0.15) is 6.20 Å². The molecule has 2 rings (SSSR count). The second-order valence-electron chi connectivity index (χ2n) is 5.20. The molecule has 0 amide bonds. The van der Waals surface area contributed by atoms with Gasteiger partial charge in [0.15, 0.2) is 0 Å². The fourth-order valence-corrected chi connectivity index (χ4v) is 2.64. The number of anilines is 2. The quantitative estimate of drug-likeness (QED) is 0.636. The minimum Gasteiger partial charge on any atom is -0.361 e. The van der Waals surface area contributed by atoms with Crippen LogP contribution in [0.25, 0.3) is 0 Å². The summed E-state index contributed by atoms with van der Waals surface area (Å²) in [6.45, 7) is 2.22. The van der Waals surface area contributed by atoms with Crippen molar-refractivity contribution in [3.8, 4) is 0 Å². The average Bonchev–Trinajstić information content (AvgIpc) is 2.47. The van der Waals surface area contributed by atoms with E-state index in [2.05, 4.69) is 27.5 Å². The van der Waals surface area contributed by atoms with Crippen molar-refractivity contribution in [3.63, 3.8) is 0 Å². The number of aromatic nitrogens is 2. The number of nitrogens with one attached hydrogen (secondary N) is 2. The van der Waals surface area contributed by atoms with Crippen LogP contribution in [0, 0.1) is 16.0 Å². The van der Waals surface area contributed by atoms with Gasteiger partial charge in [-0.15, -0.1) is 0 Å². The lowest BCUT2D eigenvalue weighted by molar-refractivity contribution is -0.384. The molecule has 0 spiro atoms. The standard InChI is InChI=1S/C13H21N5O2/c1-3-9-4-6-10(7-5-9)16-12-11(18(19)20)8-15-13(14-2)17-12/h8-10H,3-7H2,1-2H3,(H2,14,15,16,17). The highest BCUT2D eigenvalue weighted by Crippen LogP contribution is 2.30. The topological polar surface area (TPSA) is 93.0 Å². The van der Waals surface area contributed by atoms with Crippen molar-refractivity contribution in [2.45, 2.75) is 45.1 Å². The van der Waals surface area contributed by atoms with E-state index in [0.29, 0.717) is 11.8 Å². The minimum atomic E-state index is -0.445. The van der Waals surface area contributed by atoms with E-state index in [-0.39, 0.29) is 11.7 Å². The Morgan fingerprint density at radius 2 is 2.10 bits per heavy atom. The molecular formula is C13H21N5O2. The van der Waals surface area contributed by atoms with Gasteiger partial charge in [-0.2, -0.15) is 4.98 Å². The molecule has 110 valence electrons. The molecule has 1 heterocycles. The van der Waals surface area contributed by atoms with Gasteiger partial charge in [0, 0.05) is 13.1 Å². The third kappa shape index (κ3) is 3.34. The Bertz CT molecular complexity index is 472. The Morgan fingerprint density at radius 1 is 1.40 bits per heavy atom. The second-order valence-corrected chi connectivity index (χ2v) is 5.20. The number of rotatable bonds is 5. The Labute approximate surface area is 118 Å². The Morgan fingerprint density at radius 3 is 2.65 bits per heavy atom. The molecule has 0 bridgehead atoms. The minimum absolute atomic E-state index is 0.0679. The van der Waals surface area contributed by atoms with Crippen LogP contribution in [0.3, 0.4) is 0 Å². The number of hydrogen-bond donors (Lipinski definition) is 2. The first-order valence-corrected chi connectivity index (χ1v) is 7.09. The van der Waals surface area contributed by atoms with Gasteiger partial charge >= 0.3 is 5.69 Å². The highest BCUT2D eigenvalue weighted by molar-refractivity contribution is 5.57. The number of hydrogen-bond acceptors (Lipinski definition) is 6. The van der Waals surface area contributed by atoms with Crippen LogP contribution < -0.4 is 10.6 Å². The van der Waals surface area contributed by atoms with E-state index in [1.807, 2.05) is 0 Å². The fourth-order valence-electron chi connectivity index (χ4n) is 2.64. The third-order valence-electron chi connectivity index (χ3n) is 3.95. The van der Waals surface area contributed by atoms with E-state index in [1.54, 1.807) is 7.05 Å². The molecule has 1 saturated carbocycles. The summed E-state index contributed by atoms with van der Waals surface area (Å²) in [5, 5.41) is 17.0. The summed E-state index contributed by atoms with van der Waals surface area (Å²) in [7, 11) is 1.69. The van der Waals surface area contributed by atoms with Gasteiger partial charge < -0.3 is 10.6 Å². The van der Waals surface area contributed by atoms with Crippen molar-refractivity contribution in [3.05, 3.63) is 16.3 Å². The number of nitrogens with zero attached hydrogens (tertiary/aromatic N) is 3. The van der Waals surface area contributed by atoms with Crippen molar-refractivity contribution < 1.29 is 4.92 Å². The van der Waals surface area contributed by atoms with Crippen molar-refractivity contribution >= 4 is 17.5 Å². The van der Waals surface area contributed by atoms with Crippen LogP contribution in [0.5, 0.6) is 0 Å². The molecule has 2 N–H and O–H groups in total. The van der Waals surface area contributed by atoms with Crippen molar-refractivity contribution in [1.29, 1.82) is 0 Å². The summed E-state index contributed by atoms with van der Waals surface area (Å²) < 4.78 is 0. The molecule has 0 aromatic carbocycles. The second kappa shape index (κ2) is 6.49. The van der Waals surface area contributed by atoms with E-state index < -0.39 is 4.92 Å². The maximum absolute atomic E-state index is 11.0. The number of nitro groups is 1. The molecule has 1 aromatic rings. The van der Waals surface area contributed by atoms with Gasteiger partial charge in [-0.05, 0) is 31.6 Å². The normalized spacial score (nSPS) is 22.3. The summed E-state index contributed by atoms with van der Waals surface area (Å²) >= 11 is 0. The molecule has 7 heteroatoms. The monoisotopic (exact) mass is 279 g/mol. The zero-order chi connectivity index (χ0) is 14.5. The summed E-state index contributed by atoms with van der Waals surface area (Å²) in [4.78, 5) is 18.6. The first kappa shape index (κ1) is 14.5. The molecule has 1 aliphatic carbocycles. The highest BCUT2D eigenvalue weighted by atomic mass is 16.6. The van der Waals surface area contributed by atoms with E-state index in [1.165, 1.54) is 25.5 Å². The Balaban J connectivity index is 2.09. The van der Waals surface area contributed by atoms with E-state index in [0.717, 1.165) is 18.8 Å². The van der Waals surface area contributed by atoms with Gasteiger partial charge in [-0.25, -0.2) is 4.98 Å². The van der Waals surface area contributed by atoms with Crippen LogP contribution in [0.2, 0.25) is 0 Å². The van der Waals surface area contributed by atoms with E-state index in [4.69, 9.17) is 0 Å². The lowest BCUT2D eigenvalue weighted by Gasteiger charge is -2.28. The van der Waals surface area contributed by atoms with E-state index in [9.17, 15) is 10.1 Å². The van der Waals surface area contributed by atoms with Crippen LogP contribution in [0.1, 0.15) is 39.0 Å². The van der Waals surface area contributed by atoms with Crippen molar-refractivity contribution in [2.24, 2.45) is 5.92 Å². The molecular weight excluding hydrogens is 258 g/mol. The molecule has 20 heavy (non-hydrogen) atoms. The zero-order valence-electron chi connectivity index (χ0n) is 11.9. The molecule has 0 radical (unpaired) electrons. The predicted octanol–water partition coefficient (Wildman–Crippen LogP) is 2.81. The highest BCUT2D eigenvalue weighted by Gasteiger charge is 2.24. The van der Waals surface area contributed by atoms with Gasteiger partial charge in [-0.3, -0.25) is 10.1 Å². The van der Waals surface area contributed by atoms with Crippen LogP contribution in [-0.4, -0.2) is 28.0 Å². The molecule has 0 atom stereocenters. The molecule has 0 saturated heterocycles. The van der Waals surface area contributed by atoms with E-state index >= 15 is 0 Å². The van der Waals surface area contributed by atoms with Crippen molar-refractivity contribution in [2.75, 3.05) is 17.7 Å². The van der Waals surface area contributed by atoms with Crippen molar-refractivity contribution in [1.82, 2.24) is 9.97 Å². The van der Waals surface area contributed by atoms with Crippen LogP contribution in [0.4, 0.5) is 17.5 Å². The fraction of sp³-hybridized carbons (Fsp3) is 0.692. The lowest BCUT2D eigenvalue weighted by Crippen LogP contribution is -2.27. The van der Waals surface area contributed by atoms with Crippen LogP contribution >= 0.6 is 0 Å². The largest absolute Gasteiger partial charge is 0.361 e. The molecule has 0 unspecified atom stereocenters. The third-order valence-corrected chi connectivity index (χ3v) is 3.95. The molecule has 0 aliphatic heterocycles. The maximum atomic E-state index is 11.0. The average molecular weight is 279 g/mol. The maximum Gasteiger partial charge on any atom is 0.329 e. The van der Waals surface area contributed by atoms with Crippen LogP contribution in [-0.2, 0) is 0 Å². The van der Waals surface area contributed by atoms with Gasteiger partial charge in [0.25, 0.3) is 0 Å². The summed E-state index contributed by atoms with van der Waals surface area (Å²) in [6, 6.07) is 0.260. The zero-order valence-corrected chi connectivity index (χ0v) is 11.9. The first-order valence-electron chi connectivity index (χ1n) is 7.09. The summed E-state index contributed by atoms with van der Waals surface area (Å²) in [5.41, 5.74) is -0.0679. The molecule has 1 aliphatic rings. The summed E-state index contributed by atoms with van der Waals surface area (Å²) in [6.07, 6.45) is 6.88. The smallest absolute Gasteiger partial charge is 0.329 e. The van der Waals surface area contributed by atoms with Gasteiger partial charge in [0.2, 0.25) is 11.8 Å². The SMILES string of the molecule is CCC1CCC(Nc2nc(NC)ncc2[N+](=O)[O-])CC1. The Hall–Kier alpha value is -1.92. The Kier molecular flexibility index (Phi) is 4.70.